The van der Waals surface area contributed by atoms with Crippen molar-refractivity contribution in [2.45, 2.75) is 38.8 Å². The molecule has 0 heterocycles. The molecule has 0 fully saturated rings. The van der Waals surface area contributed by atoms with Crippen LogP contribution in [0.25, 0.3) is 0 Å². The third kappa shape index (κ3) is 24.7. The fourth-order valence-corrected chi connectivity index (χ4v) is 0.665. The van der Waals surface area contributed by atoms with Crippen molar-refractivity contribution in [3.63, 3.8) is 0 Å². The monoisotopic (exact) mass is 225 g/mol. The number of hydrogen-bond acceptors (Lipinski definition) is 2. The van der Waals surface area contributed by atoms with E-state index in [9.17, 15) is 13.2 Å². The predicted molar refractivity (Wildman–Crippen MR) is 54.3 cm³/mol. The van der Waals surface area contributed by atoms with Crippen molar-refractivity contribution in [1.82, 2.24) is 0 Å². The van der Waals surface area contributed by atoms with Gasteiger partial charge in [-0.2, -0.15) is 13.2 Å². The Labute approximate surface area is 89.4 Å². The first-order chi connectivity index (χ1) is 6.97. The SMILES string of the molecule is C=CC(F)(F)F.CCCCCCO[B]O. The summed E-state index contributed by atoms with van der Waals surface area (Å²) in [5.41, 5.74) is 0. The molecule has 2 nitrogen and oxygen atoms in total. The van der Waals surface area contributed by atoms with Crippen LogP contribution >= 0.6 is 0 Å². The quantitative estimate of drug-likeness (QED) is 0.427. The number of allylic oxidation sites excluding steroid dienone is 1. The van der Waals surface area contributed by atoms with Gasteiger partial charge in [-0.3, -0.25) is 0 Å². The normalized spacial score (nSPS) is 10.2. The summed E-state index contributed by atoms with van der Waals surface area (Å²) >= 11 is 0. The Morgan fingerprint density at radius 3 is 2.20 bits per heavy atom. The van der Waals surface area contributed by atoms with Crippen molar-refractivity contribution in [3.8, 4) is 0 Å². The number of alkyl halides is 3. The highest BCUT2D eigenvalue weighted by molar-refractivity contribution is 6.15. The molecule has 1 radical (unpaired) electrons. The van der Waals surface area contributed by atoms with Gasteiger partial charge in [0.1, 0.15) is 0 Å². The van der Waals surface area contributed by atoms with Gasteiger partial charge in [-0.1, -0.05) is 32.8 Å². The lowest BCUT2D eigenvalue weighted by Gasteiger charge is -1.97. The average molecular weight is 225 g/mol. The smallest absolute Gasteiger partial charge is 0.429 e. The van der Waals surface area contributed by atoms with Gasteiger partial charge in [0, 0.05) is 12.7 Å². The second kappa shape index (κ2) is 11.6. The molecule has 0 rings (SSSR count). The highest BCUT2D eigenvalue weighted by Gasteiger charge is 2.19. The van der Waals surface area contributed by atoms with Gasteiger partial charge >= 0.3 is 13.9 Å². The highest BCUT2D eigenvalue weighted by atomic mass is 19.4. The molecule has 0 saturated heterocycles. The van der Waals surface area contributed by atoms with Crippen LogP contribution < -0.4 is 0 Å². The van der Waals surface area contributed by atoms with E-state index in [1.807, 2.05) is 0 Å². The average Bonchev–Trinajstić information content (AvgIpc) is 2.18. The maximum atomic E-state index is 10.7. The fourth-order valence-electron chi connectivity index (χ4n) is 0.665. The van der Waals surface area contributed by atoms with Gasteiger partial charge in [0.15, 0.2) is 0 Å². The minimum Gasteiger partial charge on any atom is -0.429 e. The van der Waals surface area contributed by atoms with Gasteiger partial charge < -0.3 is 9.68 Å². The van der Waals surface area contributed by atoms with E-state index in [0.29, 0.717) is 6.61 Å². The van der Waals surface area contributed by atoms with E-state index in [1.54, 1.807) is 0 Å². The van der Waals surface area contributed by atoms with Crippen LogP contribution in [0.1, 0.15) is 32.6 Å². The zero-order chi connectivity index (χ0) is 12.2. The van der Waals surface area contributed by atoms with Crippen LogP contribution in [0.3, 0.4) is 0 Å². The van der Waals surface area contributed by atoms with Crippen LogP contribution in [-0.2, 0) is 4.65 Å². The highest BCUT2D eigenvalue weighted by Crippen LogP contribution is 2.13. The van der Waals surface area contributed by atoms with Gasteiger partial charge in [-0.15, -0.1) is 0 Å². The zero-order valence-corrected chi connectivity index (χ0v) is 8.89. The lowest BCUT2D eigenvalue weighted by molar-refractivity contribution is -0.0795. The molecule has 0 unspecified atom stereocenters. The van der Waals surface area contributed by atoms with Gasteiger partial charge in [-0.05, 0) is 6.42 Å². The van der Waals surface area contributed by atoms with E-state index >= 15 is 0 Å². The van der Waals surface area contributed by atoms with Crippen LogP contribution in [0.5, 0.6) is 0 Å². The molecule has 0 aliphatic carbocycles. The maximum absolute atomic E-state index is 10.7. The van der Waals surface area contributed by atoms with Crippen molar-refractivity contribution in [1.29, 1.82) is 0 Å². The van der Waals surface area contributed by atoms with Gasteiger partial charge in [-0.25, -0.2) is 0 Å². The van der Waals surface area contributed by atoms with Crippen molar-refractivity contribution >= 4 is 7.69 Å². The third-order valence-electron chi connectivity index (χ3n) is 1.42. The van der Waals surface area contributed by atoms with Crippen molar-refractivity contribution in [2.75, 3.05) is 6.61 Å². The second-order valence-electron chi connectivity index (χ2n) is 2.78. The topological polar surface area (TPSA) is 29.5 Å². The van der Waals surface area contributed by atoms with Crippen LogP contribution in [0.2, 0.25) is 0 Å². The number of halogens is 3. The number of hydrogen-bond donors (Lipinski definition) is 1. The largest absolute Gasteiger partial charge is 0.485 e. The van der Waals surface area contributed by atoms with Crippen LogP contribution in [0.15, 0.2) is 12.7 Å². The van der Waals surface area contributed by atoms with E-state index in [0.717, 1.165) is 14.1 Å². The third-order valence-corrected chi connectivity index (χ3v) is 1.42. The van der Waals surface area contributed by atoms with E-state index < -0.39 is 6.18 Å². The van der Waals surface area contributed by atoms with Crippen molar-refractivity contribution in [3.05, 3.63) is 12.7 Å². The summed E-state index contributed by atoms with van der Waals surface area (Å²) in [6.07, 6.45) is 0.486. The van der Waals surface area contributed by atoms with Gasteiger partial charge in [0.25, 0.3) is 0 Å². The summed E-state index contributed by atoms with van der Waals surface area (Å²) in [7, 11) is 0.756. The van der Waals surface area contributed by atoms with Crippen molar-refractivity contribution in [2.24, 2.45) is 0 Å². The molecule has 0 aromatic carbocycles. The predicted octanol–water partition coefficient (Wildman–Crippen LogP) is 2.84. The standard InChI is InChI=1S/C6H14BO2.C3H3F3/c1-2-3-4-5-6-9-7-8;1-2-3(4,5)6/h8H,2-6H2,1H3;2H,1H2. The Hall–Kier alpha value is -0.485. The minimum atomic E-state index is -4.19. The number of rotatable bonds is 6. The Morgan fingerprint density at radius 2 is 1.87 bits per heavy atom. The molecule has 0 saturated carbocycles. The molecule has 0 spiro atoms. The minimum absolute atomic E-state index is 0.0625. The first-order valence-electron chi connectivity index (χ1n) is 4.75. The molecular formula is C9H17BF3O2. The second-order valence-corrected chi connectivity index (χ2v) is 2.78. The first kappa shape index (κ1) is 16.9. The molecule has 15 heavy (non-hydrogen) atoms. The Bertz CT molecular complexity index is 134. The molecule has 0 amide bonds. The van der Waals surface area contributed by atoms with E-state index in [4.69, 9.17) is 5.02 Å². The van der Waals surface area contributed by atoms with Crippen LogP contribution in [-0.4, -0.2) is 25.5 Å². The van der Waals surface area contributed by atoms with Crippen molar-refractivity contribution < 1.29 is 22.8 Å². The Kier molecular flexibility index (Phi) is 13.1. The summed E-state index contributed by atoms with van der Waals surface area (Å²) in [5.74, 6) is 0. The Morgan fingerprint density at radius 1 is 1.33 bits per heavy atom. The molecule has 0 bridgehead atoms. The summed E-state index contributed by atoms with van der Waals surface area (Å²) in [6.45, 7) is 5.32. The fraction of sp³-hybridized carbons (Fsp3) is 0.778. The summed E-state index contributed by atoms with van der Waals surface area (Å²) < 4.78 is 36.6. The molecule has 0 aliphatic rings. The molecule has 0 aromatic rings. The van der Waals surface area contributed by atoms with Gasteiger partial charge in [0.2, 0.25) is 0 Å². The Balaban J connectivity index is 0. The maximum Gasteiger partial charge on any atom is 0.485 e. The van der Waals surface area contributed by atoms with Gasteiger partial charge in [0.05, 0.1) is 0 Å². The molecule has 6 heteroatoms. The van der Waals surface area contributed by atoms with E-state index in [2.05, 4.69) is 18.2 Å². The van der Waals surface area contributed by atoms with E-state index in [1.165, 1.54) is 19.3 Å². The summed E-state index contributed by atoms with van der Waals surface area (Å²) in [6, 6.07) is 0. The lowest BCUT2D eigenvalue weighted by atomic mass is 10.2. The summed E-state index contributed by atoms with van der Waals surface area (Å²) in [5, 5.41) is 8.08. The van der Waals surface area contributed by atoms with Crippen LogP contribution in [0, 0.1) is 0 Å². The molecule has 89 valence electrons. The lowest BCUT2D eigenvalue weighted by Crippen LogP contribution is -1.98. The number of unbranched alkanes of at least 4 members (excludes halogenated alkanes) is 3. The summed E-state index contributed by atoms with van der Waals surface area (Å²) in [4.78, 5) is 0. The van der Waals surface area contributed by atoms with Crippen LogP contribution in [0.4, 0.5) is 13.2 Å². The zero-order valence-electron chi connectivity index (χ0n) is 8.89. The molecule has 0 aliphatic heterocycles. The van der Waals surface area contributed by atoms with E-state index in [-0.39, 0.29) is 6.08 Å². The molecular weight excluding hydrogens is 208 g/mol. The molecule has 0 atom stereocenters. The molecule has 0 aromatic heterocycles. The molecule has 1 N–H and O–H groups in total. The first-order valence-corrected chi connectivity index (χ1v) is 4.75.